The highest BCUT2D eigenvalue weighted by atomic mass is 35.5. The van der Waals surface area contributed by atoms with Crippen molar-refractivity contribution >= 4 is 34.8 Å². The Labute approximate surface area is 122 Å². The van der Waals surface area contributed by atoms with Crippen LogP contribution < -0.4 is 5.32 Å². The van der Waals surface area contributed by atoms with Gasteiger partial charge in [-0.3, -0.25) is 0 Å². The van der Waals surface area contributed by atoms with E-state index in [4.69, 9.17) is 34.8 Å². The number of hydrogen-bond acceptors (Lipinski definition) is 1. The Morgan fingerprint density at radius 2 is 1.50 bits per heavy atom. The molecule has 0 bridgehead atoms. The van der Waals surface area contributed by atoms with Gasteiger partial charge in [-0.1, -0.05) is 46.9 Å². The molecule has 0 aliphatic heterocycles. The van der Waals surface area contributed by atoms with E-state index in [1.54, 1.807) is 12.1 Å². The van der Waals surface area contributed by atoms with Gasteiger partial charge >= 0.3 is 0 Å². The second-order valence-electron chi connectivity index (χ2n) is 3.94. The Morgan fingerprint density at radius 3 is 2.11 bits per heavy atom. The van der Waals surface area contributed by atoms with Gasteiger partial charge in [-0.05, 0) is 48.5 Å². The van der Waals surface area contributed by atoms with Crippen LogP contribution in [0, 0.1) is 0 Å². The van der Waals surface area contributed by atoms with Gasteiger partial charge in [0, 0.05) is 15.1 Å². The lowest BCUT2D eigenvalue weighted by atomic mass is 9.99. The first-order chi connectivity index (χ1) is 8.61. The fourth-order valence-electron chi connectivity index (χ4n) is 1.89. The summed E-state index contributed by atoms with van der Waals surface area (Å²) in [7, 11) is 1.89. The fourth-order valence-corrected chi connectivity index (χ4v) is 2.43. The third-order valence-corrected chi connectivity index (χ3v) is 3.59. The monoisotopic (exact) mass is 299 g/mol. The van der Waals surface area contributed by atoms with Crippen LogP contribution in [0.4, 0.5) is 0 Å². The van der Waals surface area contributed by atoms with Crippen molar-refractivity contribution in [3.8, 4) is 0 Å². The van der Waals surface area contributed by atoms with Crippen LogP contribution in [-0.2, 0) is 0 Å². The SMILES string of the molecule is CNC(c1ccc(Cl)cc1)c1cc(Cl)ccc1Cl. The van der Waals surface area contributed by atoms with Crippen molar-refractivity contribution in [1.82, 2.24) is 5.32 Å². The topological polar surface area (TPSA) is 12.0 Å². The average Bonchev–Trinajstić information content (AvgIpc) is 2.37. The first-order valence-electron chi connectivity index (χ1n) is 5.49. The summed E-state index contributed by atoms with van der Waals surface area (Å²) in [6.45, 7) is 0. The zero-order valence-corrected chi connectivity index (χ0v) is 12.0. The third-order valence-electron chi connectivity index (χ3n) is 2.76. The summed E-state index contributed by atoms with van der Waals surface area (Å²) in [4.78, 5) is 0. The molecule has 18 heavy (non-hydrogen) atoms. The number of hydrogen-bond donors (Lipinski definition) is 1. The first kappa shape index (κ1) is 13.7. The summed E-state index contributed by atoms with van der Waals surface area (Å²) in [6, 6.07) is 13.1. The standard InChI is InChI=1S/C14H12Cl3N/c1-18-14(9-2-4-10(15)5-3-9)12-8-11(16)6-7-13(12)17/h2-8,14,18H,1H3. The Hall–Kier alpha value is -0.730. The zero-order valence-electron chi connectivity index (χ0n) is 9.75. The van der Waals surface area contributed by atoms with E-state index < -0.39 is 0 Å². The van der Waals surface area contributed by atoms with Crippen molar-refractivity contribution in [2.45, 2.75) is 6.04 Å². The van der Waals surface area contributed by atoms with Crippen LogP contribution in [0.2, 0.25) is 15.1 Å². The van der Waals surface area contributed by atoms with Gasteiger partial charge in [0.1, 0.15) is 0 Å². The lowest BCUT2D eigenvalue weighted by Gasteiger charge is -2.19. The molecule has 0 radical (unpaired) electrons. The van der Waals surface area contributed by atoms with E-state index in [9.17, 15) is 0 Å². The number of nitrogens with one attached hydrogen (secondary N) is 1. The van der Waals surface area contributed by atoms with E-state index in [0.29, 0.717) is 15.1 Å². The van der Waals surface area contributed by atoms with Crippen molar-refractivity contribution < 1.29 is 0 Å². The molecule has 0 heterocycles. The van der Waals surface area contributed by atoms with E-state index in [0.717, 1.165) is 11.1 Å². The maximum absolute atomic E-state index is 6.23. The number of halogens is 3. The molecule has 2 aromatic carbocycles. The van der Waals surface area contributed by atoms with Crippen LogP contribution in [-0.4, -0.2) is 7.05 Å². The van der Waals surface area contributed by atoms with E-state index >= 15 is 0 Å². The van der Waals surface area contributed by atoms with Gasteiger partial charge in [0.15, 0.2) is 0 Å². The van der Waals surface area contributed by atoms with Gasteiger partial charge in [-0.25, -0.2) is 0 Å². The van der Waals surface area contributed by atoms with Crippen LogP contribution in [0.25, 0.3) is 0 Å². The fraction of sp³-hybridized carbons (Fsp3) is 0.143. The summed E-state index contributed by atoms with van der Waals surface area (Å²) in [5.41, 5.74) is 2.04. The van der Waals surface area contributed by atoms with Gasteiger partial charge < -0.3 is 5.32 Å². The molecular formula is C14H12Cl3N. The lowest BCUT2D eigenvalue weighted by Crippen LogP contribution is -2.18. The molecule has 0 aliphatic carbocycles. The maximum Gasteiger partial charge on any atom is 0.0589 e. The molecule has 2 rings (SSSR count). The quantitative estimate of drug-likeness (QED) is 0.845. The van der Waals surface area contributed by atoms with Crippen molar-refractivity contribution in [2.75, 3.05) is 7.05 Å². The third kappa shape index (κ3) is 2.99. The van der Waals surface area contributed by atoms with Gasteiger partial charge in [0.05, 0.1) is 6.04 Å². The van der Waals surface area contributed by atoms with Crippen molar-refractivity contribution in [3.63, 3.8) is 0 Å². The van der Waals surface area contributed by atoms with Crippen molar-refractivity contribution in [3.05, 3.63) is 68.7 Å². The summed E-state index contributed by atoms with van der Waals surface area (Å²) in [5.74, 6) is 0. The molecule has 0 aliphatic rings. The molecule has 0 fully saturated rings. The molecule has 1 N–H and O–H groups in total. The Morgan fingerprint density at radius 1 is 0.889 bits per heavy atom. The number of benzene rings is 2. The highest BCUT2D eigenvalue weighted by Gasteiger charge is 2.15. The molecule has 1 unspecified atom stereocenters. The minimum absolute atomic E-state index is 0.00605. The molecule has 0 aromatic heterocycles. The summed E-state index contributed by atoms with van der Waals surface area (Å²) in [5, 5.41) is 5.31. The predicted molar refractivity (Wildman–Crippen MR) is 78.8 cm³/mol. The van der Waals surface area contributed by atoms with Gasteiger partial charge in [0.25, 0.3) is 0 Å². The van der Waals surface area contributed by atoms with E-state index in [1.165, 1.54) is 0 Å². The highest BCUT2D eigenvalue weighted by Crippen LogP contribution is 2.30. The van der Waals surface area contributed by atoms with Gasteiger partial charge in [-0.15, -0.1) is 0 Å². The minimum Gasteiger partial charge on any atom is -0.309 e. The van der Waals surface area contributed by atoms with Crippen LogP contribution in [0.5, 0.6) is 0 Å². The summed E-state index contributed by atoms with van der Waals surface area (Å²) >= 11 is 18.1. The predicted octanol–water partition coefficient (Wildman–Crippen LogP) is 4.96. The van der Waals surface area contributed by atoms with Gasteiger partial charge in [-0.2, -0.15) is 0 Å². The minimum atomic E-state index is -0.00605. The zero-order chi connectivity index (χ0) is 13.1. The highest BCUT2D eigenvalue weighted by molar-refractivity contribution is 6.33. The Balaban J connectivity index is 2.44. The Bertz CT molecular complexity index is 537. The molecule has 0 saturated carbocycles. The normalized spacial score (nSPS) is 12.4. The smallest absolute Gasteiger partial charge is 0.0589 e. The maximum atomic E-state index is 6.23. The number of rotatable bonds is 3. The second kappa shape index (κ2) is 5.94. The summed E-state index contributed by atoms with van der Waals surface area (Å²) in [6.07, 6.45) is 0. The molecule has 0 saturated heterocycles. The molecule has 1 atom stereocenters. The lowest BCUT2D eigenvalue weighted by molar-refractivity contribution is 0.692. The Kier molecular flexibility index (Phi) is 4.52. The largest absolute Gasteiger partial charge is 0.309 e. The van der Waals surface area contributed by atoms with E-state index in [-0.39, 0.29) is 6.04 Å². The van der Waals surface area contributed by atoms with Crippen LogP contribution in [0.1, 0.15) is 17.2 Å². The van der Waals surface area contributed by atoms with Crippen molar-refractivity contribution in [1.29, 1.82) is 0 Å². The molecule has 0 spiro atoms. The van der Waals surface area contributed by atoms with Gasteiger partial charge in [0.2, 0.25) is 0 Å². The van der Waals surface area contributed by atoms with Crippen LogP contribution >= 0.6 is 34.8 Å². The second-order valence-corrected chi connectivity index (χ2v) is 5.22. The molecule has 0 amide bonds. The first-order valence-corrected chi connectivity index (χ1v) is 6.63. The molecule has 1 nitrogen and oxygen atoms in total. The van der Waals surface area contributed by atoms with Crippen LogP contribution in [0.3, 0.4) is 0 Å². The van der Waals surface area contributed by atoms with Crippen molar-refractivity contribution in [2.24, 2.45) is 0 Å². The molecule has 2 aromatic rings. The average molecular weight is 301 g/mol. The van der Waals surface area contributed by atoms with E-state index in [2.05, 4.69) is 5.32 Å². The van der Waals surface area contributed by atoms with Crippen LogP contribution in [0.15, 0.2) is 42.5 Å². The molecule has 4 heteroatoms. The van der Waals surface area contributed by atoms with E-state index in [1.807, 2.05) is 37.4 Å². The summed E-state index contributed by atoms with van der Waals surface area (Å²) < 4.78 is 0. The molecular weight excluding hydrogens is 289 g/mol. The molecule has 94 valence electrons.